The fraction of sp³-hybridized carbons (Fsp3) is 0. The zero-order valence-corrected chi connectivity index (χ0v) is 5.48. The highest BCUT2D eigenvalue weighted by Crippen LogP contribution is 2.04. The van der Waals surface area contributed by atoms with Crippen LogP contribution in [-0.2, 0) is 9.13 Å². The molecule has 0 radical (unpaired) electrons. The van der Waals surface area contributed by atoms with Crippen molar-refractivity contribution in [1.82, 2.24) is 4.98 Å². The van der Waals surface area contributed by atoms with Crippen LogP contribution < -0.4 is 4.75 Å². The first-order valence-electron chi connectivity index (χ1n) is 1.84. The minimum Gasteiger partial charge on any atom is -0.235 e. The Morgan fingerprint density at radius 3 is 2.62 bits per heavy atom. The molecule has 0 unspecified atom stereocenters. The molecule has 1 aromatic rings. The van der Waals surface area contributed by atoms with E-state index in [1.807, 2.05) is 0 Å². The van der Waals surface area contributed by atoms with Gasteiger partial charge in [-0.25, -0.2) is 14.1 Å². The lowest BCUT2D eigenvalue weighted by molar-refractivity contribution is 0.523. The van der Waals surface area contributed by atoms with Crippen LogP contribution in [0.25, 0.3) is 0 Å². The first kappa shape index (κ1) is 5.66. The highest BCUT2D eigenvalue weighted by atomic mass is 32.1. The molecule has 0 atom stereocenters. The third-order valence-electron chi connectivity index (χ3n) is 0.575. The normalized spacial score (nSPS) is 9.00. The van der Waals surface area contributed by atoms with Crippen molar-refractivity contribution < 1.29 is 9.13 Å². The minimum absolute atomic E-state index is 0.181. The second kappa shape index (κ2) is 2.20. The summed E-state index contributed by atoms with van der Waals surface area (Å²) in [6.07, 6.45) is 1.46. The summed E-state index contributed by atoms with van der Waals surface area (Å²) in [5.74, 6) is 0. The largest absolute Gasteiger partial charge is 0.378 e. The van der Waals surface area contributed by atoms with Crippen molar-refractivity contribution in [2.45, 2.75) is 0 Å². The molecule has 42 valence electrons. The fourth-order valence-corrected chi connectivity index (χ4v) is 1.36. The monoisotopic (exact) mass is 147 g/mol. The second-order valence-electron chi connectivity index (χ2n) is 1.07. The molecule has 1 aromatic heterocycles. The Hall–Kier alpha value is -0.470. The topological polar surface area (TPSA) is 47.0 Å². The van der Waals surface area contributed by atoms with Gasteiger partial charge in [0.05, 0.1) is 0 Å². The summed E-state index contributed by atoms with van der Waals surface area (Å²) in [6.45, 7) is 0. The Labute approximate surface area is 50.2 Å². The van der Waals surface area contributed by atoms with Crippen molar-refractivity contribution in [1.29, 1.82) is 0 Å². The number of aromatic nitrogens is 1. The summed E-state index contributed by atoms with van der Waals surface area (Å²) >= 11 is 1.12. The SMILES string of the molecule is O=P(=O)c1nccs1. The highest BCUT2D eigenvalue weighted by Gasteiger charge is 1.97. The summed E-state index contributed by atoms with van der Waals surface area (Å²) < 4.78 is 20.3. The maximum atomic E-state index is 10.0. The van der Waals surface area contributed by atoms with Gasteiger partial charge in [-0.1, -0.05) is 0 Å². The number of hydrogen-bond donors (Lipinski definition) is 0. The van der Waals surface area contributed by atoms with E-state index in [-0.39, 0.29) is 4.75 Å². The predicted octanol–water partition coefficient (Wildman–Crippen LogP) is 0.941. The van der Waals surface area contributed by atoms with Crippen LogP contribution >= 0.6 is 19.0 Å². The van der Waals surface area contributed by atoms with Gasteiger partial charge in [0.25, 0.3) is 0 Å². The van der Waals surface area contributed by atoms with E-state index in [1.165, 1.54) is 6.20 Å². The number of thiazole rings is 1. The van der Waals surface area contributed by atoms with E-state index >= 15 is 0 Å². The third-order valence-corrected chi connectivity index (χ3v) is 2.34. The van der Waals surface area contributed by atoms with Gasteiger partial charge in [-0.15, -0.1) is 11.3 Å². The molecule has 0 saturated carbocycles. The van der Waals surface area contributed by atoms with Crippen molar-refractivity contribution >= 4 is 23.8 Å². The van der Waals surface area contributed by atoms with Crippen LogP contribution in [0.1, 0.15) is 0 Å². The van der Waals surface area contributed by atoms with Crippen molar-refractivity contribution in [2.24, 2.45) is 0 Å². The Kier molecular flexibility index (Phi) is 1.56. The van der Waals surface area contributed by atoms with Crippen molar-refractivity contribution in [3.63, 3.8) is 0 Å². The molecule has 0 aromatic carbocycles. The van der Waals surface area contributed by atoms with E-state index in [4.69, 9.17) is 0 Å². The van der Waals surface area contributed by atoms with E-state index in [2.05, 4.69) is 4.98 Å². The van der Waals surface area contributed by atoms with Gasteiger partial charge in [0.15, 0.2) is 0 Å². The lowest BCUT2D eigenvalue weighted by Crippen LogP contribution is -1.85. The second-order valence-corrected chi connectivity index (χ2v) is 3.21. The Morgan fingerprint density at radius 1 is 1.62 bits per heavy atom. The molecule has 0 N–H and O–H groups in total. The van der Waals surface area contributed by atoms with Gasteiger partial charge in [-0.05, 0) is 0 Å². The molecule has 0 aliphatic carbocycles. The molecule has 0 bridgehead atoms. The highest BCUT2D eigenvalue weighted by molar-refractivity contribution is 7.51. The smallest absolute Gasteiger partial charge is 0.235 e. The summed E-state index contributed by atoms with van der Waals surface area (Å²) in [5, 5.41) is 1.63. The van der Waals surface area contributed by atoms with E-state index in [1.54, 1.807) is 5.38 Å². The van der Waals surface area contributed by atoms with Crippen LogP contribution in [0.15, 0.2) is 11.6 Å². The van der Waals surface area contributed by atoms with Crippen LogP contribution in [0.4, 0.5) is 0 Å². The summed E-state index contributed by atoms with van der Waals surface area (Å²) in [4.78, 5) is 3.54. The average Bonchev–Trinajstić information content (AvgIpc) is 2.12. The standard InChI is InChI=1S/C3H2NO2PS/c5-7(6)3-4-1-2-8-3/h1-2H. The van der Waals surface area contributed by atoms with Gasteiger partial charge in [-0.3, -0.25) is 0 Å². The van der Waals surface area contributed by atoms with Crippen LogP contribution in [0.2, 0.25) is 0 Å². The van der Waals surface area contributed by atoms with E-state index in [9.17, 15) is 9.13 Å². The number of nitrogens with zero attached hydrogens (tertiary/aromatic N) is 1. The first-order chi connectivity index (χ1) is 3.80. The molecule has 5 heteroatoms. The molecule has 0 spiro atoms. The van der Waals surface area contributed by atoms with Crippen LogP contribution in [0.5, 0.6) is 0 Å². The number of rotatable bonds is 1. The molecular weight excluding hydrogens is 145 g/mol. The quantitative estimate of drug-likeness (QED) is 0.555. The average molecular weight is 147 g/mol. The fourth-order valence-electron chi connectivity index (χ4n) is 0.306. The molecule has 0 aliphatic heterocycles. The Balaban J connectivity index is 3.11. The summed E-state index contributed by atoms with van der Waals surface area (Å²) in [5.41, 5.74) is 0. The molecule has 3 nitrogen and oxygen atoms in total. The van der Waals surface area contributed by atoms with Crippen LogP contribution in [0.3, 0.4) is 0 Å². The summed E-state index contributed by atoms with van der Waals surface area (Å²) in [7, 11) is -2.45. The third kappa shape index (κ3) is 1.02. The molecule has 0 amide bonds. The molecule has 0 saturated heterocycles. The van der Waals surface area contributed by atoms with E-state index in [0.717, 1.165) is 11.3 Å². The van der Waals surface area contributed by atoms with Crippen molar-refractivity contribution in [2.75, 3.05) is 0 Å². The van der Waals surface area contributed by atoms with Gasteiger partial charge in [0, 0.05) is 11.6 Å². The molecule has 0 aliphatic rings. The number of hydrogen-bond acceptors (Lipinski definition) is 4. The lowest BCUT2D eigenvalue weighted by Gasteiger charge is -1.65. The van der Waals surface area contributed by atoms with Gasteiger partial charge in [0.2, 0.25) is 4.75 Å². The van der Waals surface area contributed by atoms with Gasteiger partial charge < -0.3 is 0 Å². The summed E-state index contributed by atoms with van der Waals surface area (Å²) in [6, 6.07) is 0. The maximum absolute atomic E-state index is 10.0. The van der Waals surface area contributed by atoms with E-state index in [0.29, 0.717) is 0 Å². The van der Waals surface area contributed by atoms with Crippen LogP contribution in [0, 0.1) is 0 Å². The van der Waals surface area contributed by atoms with E-state index < -0.39 is 7.68 Å². The van der Waals surface area contributed by atoms with Gasteiger partial charge in [-0.2, -0.15) is 0 Å². The Morgan fingerprint density at radius 2 is 2.38 bits per heavy atom. The molecule has 0 fully saturated rings. The maximum Gasteiger partial charge on any atom is 0.378 e. The first-order valence-corrected chi connectivity index (χ1v) is 3.90. The lowest BCUT2D eigenvalue weighted by atomic mass is 11.0. The van der Waals surface area contributed by atoms with Crippen LogP contribution in [-0.4, -0.2) is 4.98 Å². The van der Waals surface area contributed by atoms with Crippen molar-refractivity contribution in [3.8, 4) is 0 Å². The molecule has 1 heterocycles. The van der Waals surface area contributed by atoms with Gasteiger partial charge in [0.1, 0.15) is 0 Å². The Bertz CT molecular complexity index is 219. The molecular formula is C3H2NO2PS. The molecule has 1 rings (SSSR count). The van der Waals surface area contributed by atoms with Crippen molar-refractivity contribution in [3.05, 3.63) is 11.6 Å². The van der Waals surface area contributed by atoms with Gasteiger partial charge >= 0.3 is 7.68 Å². The zero-order chi connectivity index (χ0) is 5.98. The zero-order valence-electron chi connectivity index (χ0n) is 3.77. The predicted molar refractivity (Wildman–Crippen MR) is 30.0 cm³/mol. The minimum atomic E-state index is -2.45. The molecule has 8 heavy (non-hydrogen) atoms.